The average molecular weight is 321 g/mol. The minimum Gasteiger partial charge on any atom is -0.341 e. The first kappa shape index (κ1) is 16.0. The fourth-order valence-electron chi connectivity index (χ4n) is 1.85. The van der Waals surface area contributed by atoms with Gasteiger partial charge in [-0.3, -0.25) is 9.59 Å². The number of carbonyl (C=O) groups is 2. The summed E-state index contributed by atoms with van der Waals surface area (Å²) in [4.78, 5) is 23.7. The quantitative estimate of drug-likeness (QED) is 0.853. The Hall–Kier alpha value is -2.40. The molecule has 0 saturated carbocycles. The molecule has 0 aliphatic carbocycles. The van der Waals surface area contributed by atoms with Crippen LogP contribution in [0.5, 0.6) is 0 Å². The second kappa shape index (κ2) is 7.04. The van der Waals surface area contributed by atoms with Crippen molar-refractivity contribution in [2.24, 2.45) is 0 Å². The Morgan fingerprint density at radius 3 is 2.41 bits per heavy atom. The van der Waals surface area contributed by atoms with Crippen LogP contribution in [0, 0.1) is 5.82 Å². The molecule has 0 aliphatic heterocycles. The topological polar surface area (TPSA) is 58.2 Å². The van der Waals surface area contributed by atoms with Gasteiger partial charge in [-0.05, 0) is 30.7 Å². The molecule has 0 saturated heterocycles. The summed E-state index contributed by atoms with van der Waals surface area (Å²) >= 11 is 5.61. The summed E-state index contributed by atoms with van der Waals surface area (Å²) in [6, 6.07) is 12.6. The summed E-state index contributed by atoms with van der Waals surface area (Å²) in [6.07, 6.45) is 0. The van der Waals surface area contributed by atoms with Crippen LogP contribution in [0.3, 0.4) is 0 Å². The van der Waals surface area contributed by atoms with Crippen LogP contribution < -0.4 is 10.6 Å². The van der Waals surface area contributed by atoms with Gasteiger partial charge in [0.2, 0.25) is 0 Å². The zero-order chi connectivity index (χ0) is 16.1. The Labute approximate surface area is 132 Å². The molecule has 22 heavy (non-hydrogen) atoms. The largest absolute Gasteiger partial charge is 0.341 e. The van der Waals surface area contributed by atoms with Gasteiger partial charge in [0.25, 0.3) is 0 Å². The maximum Gasteiger partial charge on any atom is 0.313 e. The predicted molar refractivity (Wildman–Crippen MR) is 83.0 cm³/mol. The van der Waals surface area contributed by atoms with Crippen LogP contribution in [0.15, 0.2) is 48.5 Å². The highest BCUT2D eigenvalue weighted by atomic mass is 35.5. The van der Waals surface area contributed by atoms with E-state index in [2.05, 4.69) is 10.6 Å². The molecule has 2 aromatic carbocycles. The standard InChI is InChI=1S/C16H14ClFN2O2/c1-10(11-5-3-2-4-6-11)19-15(21)16(22)20-12-7-8-14(18)13(17)9-12/h2-10H,1H3,(H,19,21)(H,20,22). The molecule has 0 aromatic heterocycles. The summed E-state index contributed by atoms with van der Waals surface area (Å²) < 4.78 is 13.0. The summed E-state index contributed by atoms with van der Waals surface area (Å²) in [5, 5.41) is 4.82. The monoisotopic (exact) mass is 320 g/mol. The molecule has 0 aliphatic rings. The van der Waals surface area contributed by atoms with E-state index in [0.29, 0.717) is 0 Å². The molecule has 0 spiro atoms. The maximum atomic E-state index is 13.0. The minimum atomic E-state index is -0.842. The first-order chi connectivity index (χ1) is 10.5. The van der Waals surface area contributed by atoms with Crippen LogP contribution in [-0.2, 0) is 9.59 Å². The average Bonchev–Trinajstić information content (AvgIpc) is 2.51. The number of hydrogen-bond donors (Lipinski definition) is 2. The van der Waals surface area contributed by atoms with E-state index in [4.69, 9.17) is 11.6 Å². The number of rotatable bonds is 3. The third kappa shape index (κ3) is 4.05. The first-order valence-corrected chi connectivity index (χ1v) is 6.97. The van der Waals surface area contributed by atoms with E-state index in [0.717, 1.165) is 11.6 Å². The first-order valence-electron chi connectivity index (χ1n) is 6.59. The van der Waals surface area contributed by atoms with Crippen molar-refractivity contribution in [3.05, 3.63) is 64.9 Å². The molecule has 1 unspecified atom stereocenters. The molecule has 1 atom stereocenters. The SMILES string of the molecule is CC(NC(=O)C(=O)Nc1ccc(F)c(Cl)c1)c1ccccc1. The number of benzene rings is 2. The number of amides is 2. The highest BCUT2D eigenvalue weighted by Gasteiger charge is 2.17. The van der Waals surface area contributed by atoms with E-state index in [1.54, 1.807) is 6.92 Å². The van der Waals surface area contributed by atoms with Gasteiger partial charge in [0.1, 0.15) is 5.82 Å². The van der Waals surface area contributed by atoms with Gasteiger partial charge in [-0.15, -0.1) is 0 Å². The van der Waals surface area contributed by atoms with Gasteiger partial charge < -0.3 is 10.6 Å². The zero-order valence-corrected chi connectivity index (χ0v) is 12.5. The Morgan fingerprint density at radius 1 is 1.09 bits per heavy atom. The maximum absolute atomic E-state index is 13.0. The summed E-state index contributed by atoms with van der Waals surface area (Å²) in [6.45, 7) is 1.77. The Bertz CT molecular complexity index is 692. The van der Waals surface area contributed by atoms with Gasteiger partial charge in [0.15, 0.2) is 0 Å². The van der Waals surface area contributed by atoms with Crippen LogP contribution in [0.1, 0.15) is 18.5 Å². The van der Waals surface area contributed by atoms with Crippen molar-refractivity contribution in [1.29, 1.82) is 0 Å². The van der Waals surface area contributed by atoms with Crippen molar-refractivity contribution >= 4 is 29.1 Å². The van der Waals surface area contributed by atoms with Crippen LogP contribution in [0.4, 0.5) is 10.1 Å². The van der Waals surface area contributed by atoms with E-state index in [-0.39, 0.29) is 16.8 Å². The van der Waals surface area contributed by atoms with Gasteiger partial charge >= 0.3 is 11.8 Å². The molecule has 0 bridgehead atoms. The highest BCUT2D eigenvalue weighted by molar-refractivity contribution is 6.40. The van der Waals surface area contributed by atoms with E-state index < -0.39 is 17.6 Å². The highest BCUT2D eigenvalue weighted by Crippen LogP contribution is 2.19. The van der Waals surface area contributed by atoms with Crippen LogP contribution in [-0.4, -0.2) is 11.8 Å². The molecular weight excluding hydrogens is 307 g/mol. The number of anilines is 1. The van der Waals surface area contributed by atoms with Crippen LogP contribution >= 0.6 is 11.6 Å². The lowest BCUT2D eigenvalue weighted by Crippen LogP contribution is -2.36. The molecule has 114 valence electrons. The third-order valence-electron chi connectivity index (χ3n) is 3.03. The molecule has 2 aromatic rings. The van der Waals surface area contributed by atoms with Crippen molar-refractivity contribution in [3.8, 4) is 0 Å². The second-order valence-electron chi connectivity index (χ2n) is 4.69. The lowest BCUT2D eigenvalue weighted by Gasteiger charge is -2.14. The second-order valence-corrected chi connectivity index (χ2v) is 5.10. The van der Waals surface area contributed by atoms with Gasteiger partial charge in [-0.1, -0.05) is 41.9 Å². The molecular formula is C16H14ClFN2O2. The van der Waals surface area contributed by atoms with E-state index >= 15 is 0 Å². The summed E-state index contributed by atoms with van der Waals surface area (Å²) in [5.41, 5.74) is 1.13. The predicted octanol–water partition coefficient (Wildman–Crippen LogP) is 3.30. The molecule has 2 rings (SSSR count). The van der Waals surface area contributed by atoms with Crippen LogP contribution in [0.25, 0.3) is 0 Å². The van der Waals surface area contributed by atoms with Crippen LogP contribution in [0.2, 0.25) is 5.02 Å². The molecule has 6 heteroatoms. The van der Waals surface area contributed by atoms with Gasteiger partial charge in [-0.25, -0.2) is 4.39 Å². The fraction of sp³-hybridized carbons (Fsp3) is 0.125. The summed E-state index contributed by atoms with van der Waals surface area (Å²) in [7, 11) is 0. The normalized spacial score (nSPS) is 11.6. The van der Waals surface area contributed by atoms with Gasteiger partial charge in [-0.2, -0.15) is 0 Å². The third-order valence-corrected chi connectivity index (χ3v) is 3.32. The Kier molecular flexibility index (Phi) is 5.12. The lowest BCUT2D eigenvalue weighted by molar-refractivity contribution is -0.136. The molecule has 0 radical (unpaired) electrons. The molecule has 0 fully saturated rings. The number of halogens is 2. The molecule has 0 heterocycles. The number of nitrogens with one attached hydrogen (secondary N) is 2. The number of hydrogen-bond acceptors (Lipinski definition) is 2. The minimum absolute atomic E-state index is 0.129. The van der Waals surface area contributed by atoms with Crippen molar-refractivity contribution in [2.75, 3.05) is 5.32 Å². The molecule has 2 amide bonds. The zero-order valence-electron chi connectivity index (χ0n) is 11.8. The fourth-order valence-corrected chi connectivity index (χ4v) is 2.03. The molecule has 4 nitrogen and oxygen atoms in total. The Balaban J connectivity index is 1.97. The Morgan fingerprint density at radius 2 is 1.77 bits per heavy atom. The van der Waals surface area contributed by atoms with Crippen molar-refractivity contribution in [1.82, 2.24) is 5.32 Å². The van der Waals surface area contributed by atoms with E-state index in [1.165, 1.54) is 12.1 Å². The molecule has 2 N–H and O–H groups in total. The lowest BCUT2D eigenvalue weighted by atomic mass is 10.1. The van der Waals surface area contributed by atoms with Gasteiger partial charge in [0.05, 0.1) is 11.1 Å². The summed E-state index contributed by atoms with van der Waals surface area (Å²) in [5.74, 6) is -2.22. The van der Waals surface area contributed by atoms with Crippen molar-refractivity contribution in [2.45, 2.75) is 13.0 Å². The smallest absolute Gasteiger partial charge is 0.313 e. The van der Waals surface area contributed by atoms with E-state index in [9.17, 15) is 14.0 Å². The van der Waals surface area contributed by atoms with Crippen molar-refractivity contribution < 1.29 is 14.0 Å². The van der Waals surface area contributed by atoms with Gasteiger partial charge in [0, 0.05) is 5.69 Å². The van der Waals surface area contributed by atoms with E-state index in [1.807, 2.05) is 30.3 Å². The van der Waals surface area contributed by atoms with Crippen molar-refractivity contribution in [3.63, 3.8) is 0 Å². The number of carbonyl (C=O) groups excluding carboxylic acids is 2.